The molecule has 1 aliphatic rings. The third-order valence-electron chi connectivity index (χ3n) is 5.94. The molecule has 0 radical (unpaired) electrons. The van der Waals surface area contributed by atoms with Crippen LogP contribution in [-0.2, 0) is 22.1 Å². The van der Waals surface area contributed by atoms with E-state index in [1.54, 1.807) is 10.9 Å². The van der Waals surface area contributed by atoms with Gasteiger partial charge >= 0.3 is 5.97 Å². The summed E-state index contributed by atoms with van der Waals surface area (Å²) in [6.45, 7) is 10.2. The molecule has 2 aromatic heterocycles. The van der Waals surface area contributed by atoms with Crippen LogP contribution in [0.2, 0.25) is 0 Å². The normalized spacial score (nSPS) is 19.3. The van der Waals surface area contributed by atoms with E-state index in [-0.39, 0.29) is 5.97 Å². The summed E-state index contributed by atoms with van der Waals surface area (Å²) in [4.78, 5) is 19.7. The first-order chi connectivity index (χ1) is 14.3. The molecular formula is C23H28N4O3. The summed E-state index contributed by atoms with van der Waals surface area (Å²) in [5.74, 6) is -0.352. The quantitative estimate of drug-likeness (QED) is 0.616. The SMILES string of the molecule is CCOC(=O)c1cnc2c(C)c(C)ccc2c1N1CCOC(C)(c2cnn(C)c2)C1. The van der Waals surface area contributed by atoms with E-state index in [1.165, 1.54) is 5.56 Å². The Bertz CT molecular complexity index is 1110. The van der Waals surface area contributed by atoms with Gasteiger partial charge in [0.25, 0.3) is 0 Å². The van der Waals surface area contributed by atoms with Crippen LogP contribution < -0.4 is 4.90 Å². The summed E-state index contributed by atoms with van der Waals surface area (Å²) in [7, 11) is 1.90. The highest BCUT2D eigenvalue weighted by Gasteiger charge is 2.37. The van der Waals surface area contributed by atoms with Crippen LogP contribution in [0.15, 0.2) is 30.7 Å². The first-order valence-electron chi connectivity index (χ1n) is 10.3. The molecule has 30 heavy (non-hydrogen) atoms. The van der Waals surface area contributed by atoms with E-state index in [0.29, 0.717) is 31.9 Å². The average molecular weight is 409 g/mol. The lowest BCUT2D eigenvalue weighted by molar-refractivity contribution is -0.0466. The summed E-state index contributed by atoms with van der Waals surface area (Å²) in [5.41, 5.74) is 5.03. The molecule has 1 fully saturated rings. The Hall–Kier alpha value is -2.93. The Balaban J connectivity index is 1.86. The molecule has 0 amide bonds. The Kier molecular flexibility index (Phi) is 5.24. The van der Waals surface area contributed by atoms with E-state index in [9.17, 15) is 4.79 Å². The average Bonchev–Trinajstić information content (AvgIpc) is 3.17. The lowest BCUT2D eigenvalue weighted by Crippen LogP contribution is -2.48. The third kappa shape index (κ3) is 3.43. The predicted molar refractivity (Wildman–Crippen MR) is 116 cm³/mol. The molecule has 7 heteroatoms. The van der Waals surface area contributed by atoms with Crippen LogP contribution >= 0.6 is 0 Å². The molecule has 0 spiro atoms. The minimum atomic E-state index is -0.534. The van der Waals surface area contributed by atoms with E-state index in [0.717, 1.165) is 27.7 Å². The fourth-order valence-corrected chi connectivity index (χ4v) is 4.12. The number of ether oxygens (including phenoxy) is 2. The number of aryl methyl sites for hydroxylation is 3. The van der Waals surface area contributed by atoms with E-state index >= 15 is 0 Å². The maximum atomic E-state index is 12.8. The smallest absolute Gasteiger partial charge is 0.341 e. The van der Waals surface area contributed by atoms with Crippen molar-refractivity contribution in [3.05, 3.63) is 53.0 Å². The molecule has 1 saturated heterocycles. The van der Waals surface area contributed by atoms with Gasteiger partial charge in [-0.3, -0.25) is 9.67 Å². The number of pyridine rings is 1. The molecule has 1 aromatic carbocycles. The number of aromatic nitrogens is 3. The fraction of sp³-hybridized carbons (Fsp3) is 0.435. The maximum Gasteiger partial charge on any atom is 0.341 e. The summed E-state index contributed by atoms with van der Waals surface area (Å²) >= 11 is 0. The van der Waals surface area contributed by atoms with Crippen molar-refractivity contribution in [3.63, 3.8) is 0 Å². The second-order valence-corrected chi connectivity index (χ2v) is 8.05. The molecule has 7 nitrogen and oxygen atoms in total. The highest BCUT2D eigenvalue weighted by atomic mass is 16.5. The van der Waals surface area contributed by atoms with Gasteiger partial charge in [-0.25, -0.2) is 4.79 Å². The van der Waals surface area contributed by atoms with E-state index in [1.807, 2.05) is 26.4 Å². The van der Waals surface area contributed by atoms with Gasteiger partial charge < -0.3 is 14.4 Å². The van der Waals surface area contributed by atoms with Crippen LogP contribution in [-0.4, -0.2) is 47.0 Å². The molecule has 0 saturated carbocycles. The number of carbonyl (C=O) groups is 1. The van der Waals surface area contributed by atoms with Crippen molar-refractivity contribution in [2.75, 3.05) is 31.2 Å². The molecule has 4 rings (SSSR count). The van der Waals surface area contributed by atoms with Gasteiger partial charge in [-0.2, -0.15) is 5.10 Å². The highest BCUT2D eigenvalue weighted by Crippen LogP contribution is 2.37. The maximum absolute atomic E-state index is 12.8. The number of anilines is 1. The second-order valence-electron chi connectivity index (χ2n) is 8.05. The zero-order valence-corrected chi connectivity index (χ0v) is 18.2. The van der Waals surface area contributed by atoms with Gasteiger partial charge in [0.05, 0.1) is 37.2 Å². The minimum absolute atomic E-state index is 0.319. The van der Waals surface area contributed by atoms with Crippen molar-refractivity contribution >= 4 is 22.6 Å². The number of nitrogens with zero attached hydrogens (tertiary/aromatic N) is 4. The fourth-order valence-electron chi connectivity index (χ4n) is 4.12. The zero-order valence-electron chi connectivity index (χ0n) is 18.2. The monoisotopic (exact) mass is 408 g/mol. The number of morpholine rings is 1. The summed E-state index contributed by atoms with van der Waals surface area (Å²) < 4.78 is 13.3. The van der Waals surface area contributed by atoms with Crippen molar-refractivity contribution in [2.45, 2.75) is 33.3 Å². The minimum Gasteiger partial charge on any atom is -0.462 e. The molecule has 1 atom stereocenters. The van der Waals surface area contributed by atoms with Crippen molar-refractivity contribution < 1.29 is 14.3 Å². The Morgan fingerprint density at radius 1 is 1.30 bits per heavy atom. The van der Waals surface area contributed by atoms with E-state index < -0.39 is 5.60 Å². The van der Waals surface area contributed by atoms with Crippen molar-refractivity contribution in [1.82, 2.24) is 14.8 Å². The molecule has 3 heterocycles. The number of benzene rings is 1. The van der Waals surface area contributed by atoms with Gasteiger partial charge in [0, 0.05) is 36.9 Å². The number of fused-ring (bicyclic) bond motifs is 1. The van der Waals surface area contributed by atoms with E-state index in [2.05, 4.69) is 47.9 Å². The summed E-state index contributed by atoms with van der Waals surface area (Å²) in [5, 5.41) is 5.27. The molecule has 0 aliphatic carbocycles. The van der Waals surface area contributed by atoms with Gasteiger partial charge in [0.2, 0.25) is 0 Å². The van der Waals surface area contributed by atoms with Crippen LogP contribution in [0.25, 0.3) is 10.9 Å². The lowest BCUT2D eigenvalue weighted by Gasteiger charge is -2.42. The first kappa shape index (κ1) is 20.3. The number of esters is 1. The number of hydrogen-bond donors (Lipinski definition) is 0. The van der Waals surface area contributed by atoms with Crippen LogP contribution in [0.4, 0.5) is 5.69 Å². The molecule has 0 N–H and O–H groups in total. The van der Waals surface area contributed by atoms with Crippen molar-refractivity contribution in [1.29, 1.82) is 0 Å². The van der Waals surface area contributed by atoms with Crippen LogP contribution in [0.3, 0.4) is 0 Å². The third-order valence-corrected chi connectivity index (χ3v) is 5.94. The van der Waals surface area contributed by atoms with Gasteiger partial charge in [0.15, 0.2) is 0 Å². The standard InChI is InChI=1S/C23H28N4O3/c1-6-29-22(28)19-12-24-20-16(3)15(2)7-8-18(20)21(19)27-9-10-30-23(4,14-27)17-11-25-26(5)13-17/h7-8,11-13H,6,9-10,14H2,1-5H3. The zero-order chi connectivity index (χ0) is 21.5. The molecule has 1 aliphatic heterocycles. The Morgan fingerprint density at radius 3 is 2.80 bits per heavy atom. The van der Waals surface area contributed by atoms with Crippen LogP contribution in [0, 0.1) is 13.8 Å². The predicted octanol–water partition coefficient (Wildman–Crippen LogP) is 3.51. The van der Waals surface area contributed by atoms with Gasteiger partial charge in [-0.15, -0.1) is 0 Å². The highest BCUT2D eigenvalue weighted by molar-refractivity contribution is 6.06. The molecular weight excluding hydrogens is 380 g/mol. The molecule has 158 valence electrons. The Labute approximate surface area is 176 Å². The Morgan fingerprint density at radius 2 is 2.10 bits per heavy atom. The number of hydrogen-bond acceptors (Lipinski definition) is 6. The van der Waals surface area contributed by atoms with Crippen molar-refractivity contribution in [3.8, 4) is 0 Å². The summed E-state index contributed by atoms with van der Waals surface area (Å²) in [6.07, 6.45) is 5.47. The van der Waals surface area contributed by atoms with Gasteiger partial charge in [-0.05, 0) is 38.8 Å². The van der Waals surface area contributed by atoms with Crippen molar-refractivity contribution in [2.24, 2.45) is 7.05 Å². The summed E-state index contributed by atoms with van der Waals surface area (Å²) in [6, 6.07) is 4.14. The number of rotatable bonds is 4. The lowest BCUT2D eigenvalue weighted by atomic mass is 9.95. The second kappa shape index (κ2) is 7.72. The molecule has 0 bridgehead atoms. The number of carbonyl (C=O) groups excluding carboxylic acids is 1. The first-order valence-corrected chi connectivity index (χ1v) is 10.3. The van der Waals surface area contributed by atoms with Crippen LogP contribution in [0.1, 0.15) is 40.9 Å². The largest absolute Gasteiger partial charge is 0.462 e. The van der Waals surface area contributed by atoms with Crippen LogP contribution in [0.5, 0.6) is 0 Å². The topological polar surface area (TPSA) is 69.5 Å². The van der Waals surface area contributed by atoms with Gasteiger partial charge in [-0.1, -0.05) is 12.1 Å². The van der Waals surface area contributed by atoms with E-state index in [4.69, 9.17) is 9.47 Å². The molecule has 3 aromatic rings. The molecule has 1 unspecified atom stereocenters. The van der Waals surface area contributed by atoms with Gasteiger partial charge in [0.1, 0.15) is 11.2 Å².